The van der Waals surface area contributed by atoms with Gasteiger partial charge in [-0.15, -0.1) is 0 Å². The van der Waals surface area contributed by atoms with Gasteiger partial charge in [0.05, 0.1) is 6.10 Å². The lowest BCUT2D eigenvalue weighted by Crippen LogP contribution is -2.28. The molecular formula is C20H22N2O. The highest BCUT2D eigenvalue weighted by Gasteiger charge is 2.16. The fourth-order valence-corrected chi connectivity index (χ4v) is 2.97. The van der Waals surface area contributed by atoms with Crippen molar-refractivity contribution >= 4 is 10.8 Å². The zero-order valence-electron chi connectivity index (χ0n) is 13.7. The van der Waals surface area contributed by atoms with Gasteiger partial charge >= 0.3 is 0 Å². The number of hydrogen-bond donors (Lipinski definition) is 2. The van der Waals surface area contributed by atoms with Crippen molar-refractivity contribution in [2.45, 2.75) is 32.4 Å². The third kappa shape index (κ3) is 2.98. The van der Waals surface area contributed by atoms with E-state index in [4.69, 9.17) is 5.73 Å². The second-order valence-corrected chi connectivity index (χ2v) is 6.60. The topological polar surface area (TPSA) is 59.1 Å². The number of nitrogens with zero attached hydrogens (tertiary/aromatic N) is 1. The van der Waals surface area contributed by atoms with Crippen molar-refractivity contribution in [3.63, 3.8) is 0 Å². The number of aliphatic hydroxyl groups is 1. The van der Waals surface area contributed by atoms with Crippen molar-refractivity contribution in [2.24, 2.45) is 5.73 Å². The Morgan fingerprint density at radius 3 is 2.35 bits per heavy atom. The zero-order chi connectivity index (χ0) is 16.6. The first-order valence-electron chi connectivity index (χ1n) is 7.82. The first-order chi connectivity index (χ1) is 10.9. The molecule has 0 amide bonds. The van der Waals surface area contributed by atoms with E-state index >= 15 is 0 Å². The molecule has 0 aliphatic rings. The Morgan fingerprint density at radius 1 is 1.04 bits per heavy atom. The van der Waals surface area contributed by atoms with E-state index in [0.717, 1.165) is 33.0 Å². The van der Waals surface area contributed by atoms with Gasteiger partial charge in [-0.25, -0.2) is 0 Å². The molecule has 3 rings (SSSR count). The number of aliphatic hydroxyl groups excluding tert-OH is 1. The van der Waals surface area contributed by atoms with E-state index in [1.165, 1.54) is 0 Å². The maximum Gasteiger partial charge on any atom is 0.0773 e. The van der Waals surface area contributed by atoms with E-state index in [9.17, 15) is 5.11 Å². The summed E-state index contributed by atoms with van der Waals surface area (Å²) in [4.78, 5) is 4.16. The minimum atomic E-state index is -0.554. The summed E-state index contributed by atoms with van der Waals surface area (Å²) in [5.41, 5.74) is 9.93. The molecule has 23 heavy (non-hydrogen) atoms. The van der Waals surface area contributed by atoms with Gasteiger partial charge in [0.2, 0.25) is 0 Å². The molecule has 0 saturated carbocycles. The number of nitrogens with two attached hydrogens (primary N) is 1. The minimum Gasteiger partial charge on any atom is -0.389 e. The molecule has 1 aromatic heterocycles. The Kier molecular flexibility index (Phi) is 3.92. The van der Waals surface area contributed by atoms with Gasteiger partial charge < -0.3 is 10.8 Å². The van der Waals surface area contributed by atoms with E-state index < -0.39 is 6.10 Å². The van der Waals surface area contributed by atoms with Crippen LogP contribution < -0.4 is 5.73 Å². The molecule has 3 nitrogen and oxygen atoms in total. The quantitative estimate of drug-likeness (QED) is 0.764. The van der Waals surface area contributed by atoms with Crippen molar-refractivity contribution < 1.29 is 5.11 Å². The van der Waals surface area contributed by atoms with Gasteiger partial charge in [-0.2, -0.15) is 0 Å². The number of fused-ring (bicyclic) bond motifs is 1. The highest BCUT2D eigenvalue weighted by molar-refractivity contribution is 5.91. The second-order valence-electron chi connectivity index (χ2n) is 6.60. The maximum atomic E-state index is 10.3. The predicted octanol–water partition coefficient (Wildman–Crippen LogP) is 4.15. The van der Waals surface area contributed by atoms with Crippen LogP contribution in [0, 0.1) is 0 Å². The molecule has 1 unspecified atom stereocenters. The van der Waals surface area contributed by atoms with Crippen LogP contribution in [0.1, 0.15) is 38.0 Å². The van der Waals surface area contributed by atoms with Crippen LogP contribution in [-0.4, -0.2) is 10.1 Å². The van der Waals surface area contributed by atoms with E-state index in [0.29, 0.717) is 0 Å². The smallest absolute Gasteiger partial charge is 0.0773 e. The molecule has 1 atom stereocenters. The van der Waals surface area contributed by atoms with Crippen LogP contribution in [0.3, 0.4) is 0 Å². The summed E-state index contributed by atoms with van der Waals surface area (Å²) in [5, 5.41) is 12.4. The van der Waals surface area contributed by atoms with E-state index in [2.05, 4.69) is 35.3 Å². The van der Waals surface area contributed by atoms with Crippen LogP contribution in [0.4, 0.5) is 0 Å². The summed E-state index contributed by atoms with van der Waals surface area (Å²) in [6.07, 6.45) is 3.03. The van der Waals surface area contributed by atoms with Crippen molar-refractivity contribution in [1.29, 1.82) is 0 Å². The lowest BCUT2D eigenvalue weighted by atomic mass is 9.89. The monoisotopic (exact) mass is 306 g/mol. The maximum absolute atomic E-state index is 10.3. The van der Waals surface area contributed by atoms with Crippen LogP contribution in [0.2, 0.25) is 0 Å². The molecule has 0 saturated heterocycles. The Bertz CT molecular complexity index is 830. The van der Waals surface area contributed by atoms with Crippen molar-refractivity contribution in [3.05, 3.63) is 66.0 Å². The van der Waals surface area contributed by atoms with Crippen LogP contribution >= 0.6 is 0 Å². The molecule has 0 fully saturated rings. The number of hydrogen-bond acceptors (Lipinski definition) is 3. The normalized spacial score (nSPS) is 13.3. The van der Waals surface area contributed by atoms with Crippen molar-refractivity contribution in [1.82, 2.24) is 4.98 Å². The molecule has 3 heteroatoms. The predicted molar refractivity (Wildman–Crippen MR) is 95.0 cm³/mol. The third-order valence-corrected chi connectivity index (χ3v) is 4.22. The summed E-state index contributed by atoms with van der Waals surface area (Å²) in [7, 11) is 0. The van der Waals surface area contributed by atoms with Crippen molar-refractivity contribution in [2.75, 3.05) is 0 Å². The summed E-state index contributed by atoms with van der Waals surface area (Å²) in [6.45, 7) is 5.79. The molecule has 1 heterocycles. The fourth-order valence-electron chi connectivity index (χ4n) is 2.97. The third-order valence-electron chi connectivity index (χ3n) is 4.22. The summed E-state index contributed by atoms with van der Waals surface area (Å²) >= 11 is 0. The highest BCUT2D eigenvalue weighted by Crippen LogP contribution is 2.34. The lowest BCUT2D eigenvalue weighted by molar-refractivity contribution is 0.201. The molecule has 3 N–H and O–H groups in total. The average Bonchev–Trinajstić information content (AvgIpc) is 2.53. The SMILES string of the molecule is CC(O)c1c(-c2ccc(C(C)(C)N)cc2)ccc2cnccc12. The van der Waals surface area contributed by atoms with Crippen LogP contribution in [-0.2, 0) is 5.54 Å². The number of pyridine rings is 1. The van der Waals surface area contributed by atoms with Crippen LogP contribution in [0.15, 0.2) is 54.9 Å². The Balaban J connectivity index is 2.18. The Morgan fingerprint density at radius 2 is 1.74 bits per heavy atom. The van der Waals surface area contributed by atoms with Crippen LogP contribution in [0.25, 0.3) is 21.9 Å². The lowest BCUT2D eigenvalue weighted by Gasteiger charge is -2.20. The largest absolute Gasteiger partial charge is 0.389 e. The molecule has 0 aliphatic heterocycles. The van der Waals surface area contributed by atoms with Gasteiger partial charge in [-0.3, -0.25) is 4.98 Å². The summed E-state index contributed by atoms with van der Waals surface area (Å²) in [5.74, 6) is 0. The minimum absolute atomic E-state index is 0.360. The van der Waals surface area contributed by atoms with Gasteiger partial charge in [0.1, 0.15) is 0 Å². The molecular weight excluding hydrogens is 284 g/mol. The van der Waals surface area contributed by atoms with Gasteiger partial charge in [0.25, 0.3) is 0 Å². The number of rotatable bonds is 3. The standard InChI is InChI=1S/C20H22N2O/c1-13(23)19-17(9-6-15-12-22-11-10-18(15)19)14-4-7-16(8-5-14)20(2,3)21/h4-13,23H,21H2,1-3H3. The van der Waals surface area contributed by atoms with Crippen molar-refractivity contribution in [3.8, 4) is 11.1 Å². The Labute approximate surface area is 136 Å². The summed E-state index contributed by atoms with van der Waals surface area (Å²) < 4.78 is 0. The van der Waals surface area contributed by atoms with Gasteiger partial charge in [-0.1, -0.05) is 36.4 Å². The second kappa shape index (κ2) is 5.76. The van der Waals surface area contributed by atoms with Gasteiger partial charge in [0.15, 0.2) is 0 Å². The molecule has 0 aliphatic carbocycles. The first kappa shape index (κ1) is 15.7. The van der Waals surface area contributed by atoms with E-state index in [-0.39, 0.29) is 5.54 Å². The van der Waals surface area contributed by atoms with Gasteiger partial charge in [-0.05, 0) is 54.5 Å². The van der Waals surface area contributed by atoms with Crippen LogP contribution in [0.5, 0.6) is 0 Å². The molecule has 0 bridgehead atoms. The first-order valence-corrected chi connectivity index (χ1v) is 7.82. The zero-order valence-corrected chi connectivity index (χ0v) is 13.7. The molecule has 118 valence electrons. The van der Waals surface area contributed by atoms with Gasteiger partial charge in [0, 0.05) is 23.3 Å². The average molecular weight is 306 g/mol. The van der Waals surface area contributed by atoms with E-state index in [1.54, 1.807) is 13.1 Å². The number of aromatic nitrogens is 1. The number of benzene rings is 2. The molecule has 0 spiro atoms. The molecule has 2 aromatic carbocycles. The molecule has 0 radical (unpaired) electrons. The molecule has 3 aromatic rings. The fraction of sp³-hybridized carbons (Fsp3) is 0.250. The summed E-state index contributed by atoms with van der Waals surface area (Å²) in [6, 6.07) is 14.3. The highest BCUT2D eigenvalue weighted by atomic mass is 16.3. The van der Waals surface area contributed by atoms with E-state index in [1.807, 2.05) is 32.2 Å². The Hall–Kier alpha value is -2.23.